The van der Waals surface area contributed by atoms with Gasteiger partial charge >= 0.3 is 5.97 Å². The number of hydrogen-bond acceptors (Lipinski definition) is 6. The number of rotatable bonds is 12. The first-order valence-electron chi connectivity index (χ1n) is 14.7. The van der Waals surface area contributed by atoms with Crippen LogP contribution in [0.3, 0.4) is 0 Å². The van der Waals surface area contributed by atoms with Crippen LogP contribution in [0.15, 0.2) is 55.6 Å². The van der Waals surface area contributed by atoms with E-state index in [1.165, 1.54) is 6.08 Å². The van der Waals surface area contributed by atoms with Gasteiger partial charge in [0.25, 0.3) is 0 Å². The molecule has 2 bridgehead atoms. The summed E-state index contributed by atoms with van der Waals surface area (Å²) in [6.07, 6.45) is 4.77. The van der Waals surface area contributed by atoms with Crippen LogP contribution in [0.2, 0.25) is 0 Å². The zero-order valence-electron chi connectivity index (χ0n) is 25.2. The summed E-state index contributed by atoms with van der Waals surface area (Å²) < 4.78 is 12.0. The number of esters is 1. The van der Waals surface area contributed by atoms with Crippen molar-refractivity contribution >= 4 is 17.8 Å². The molecule has 0 radical (unpaired) electrons. The van der Waals surface area contributed by atoms with E-state index < -0.39 is 47.1 Å². The molecule has 4 rings (SSSR count). The van der Waals surface area contributed by atoms with Crippen LogP contribution < -0.4 is 0 Å². The first kappa shape index (κ1) is 31.0. The minimum atomic E-state index is -1.18. The van der Waals surface area contributed by atoms with Crippen molar-refractivity contribution in [3.8, 4) is 0 Å². The first-order chi connectivity index (χ1) is 19.3. The Labute approximate surface area is 244 Å². The Hall–Kier alpha value is -2.97. The third-order valence-electron chi connectivity index (χ3n) is 8.78. The summed E-state index contributed by atoms with van der Waals surface area (Å²) in [5.41, 5.74) is -0.889. The molecule has 3 fully saturated rings. The number of nitrogens with zero attached hydrogens (tertiary/aromatic N) is 2. The second-order valence-corrected chi connectivity index (χ2v) is 13.5. The number of aliphatic hydroxyl groups excluding tert-OH is 1. The van der Waals surface area contributed by atoms with Gasteiger partial charge in [-0.05, 0) is 50.5 Å². The largest absolute Gasteiger partial charge is 0.461 e. The summed E-state index contributed by atoms with van der Waals surface area (Å²) in [5.74, 6) is -2.78. The minimum Gasteiger partial charge on any atom is -0.461 e. The molecule has 2 amide bonds. The van der Waals surface area contributed by atoms with Crippen molar-refractivity contribution in [1.29, 1.82) is 0 Å². The molecule has 0 aromatic heterocycles. The van der Waals surface area contributed by atoms with Gasteiger partial charge in [0.15, 0.2) is 0 Å². The average molecular weight is 567 g/mol. The highest BCUT2D eigenvalue weighted by molar-refractivity contribution is 5.98. The number of hydrogen-bond donors (Lipinski definition) is 1. The molecule has 1 aromatic rings. The van der Waals surface area contributed by atoms with Crippen LogP contribution in [0.5, 0.6) is 0 Å². The summed E-state index contributed by atoms with van der Waals surface area (Å²) in [6.45, 7) is 18.0. The van der Waals surface area contributed by atoms with E-state index in [-0.39, 0.29) is 37.0 Å². The number of aliphatic hydroxyl groups is 1. The van der Waals surface area contributed by atoms with Crippen molar-refractivity contribution in [2.45, 2.75) is 89.6 Å². The van der Waals surface area contributed by atoms with Gasteiger partial charge in [0.05, 0.1) is 30.6 Å². The first-order valence-corrected chi connectivity index (χ1v) is 14.7. The van der Waals surface area contributed by atoms with E-state index in [9.17, 15) is 19.5 Å². The summed E-state index contributed by atoms with van der Waals surface area (Å²) >= 11 is 0. The summed E-state index contributed by atoms with van der Waals surface area (Å²) in [5, 5.41) is 10.7. The van der Waals surface area contributed by atoms with Gasteiger partial charge < -0.3 is 24.4 Å². The lowest BCUT2D eigenvalue weighted by Crippen LogP contribution is -2.62. The summed E-state index contributed by atoms with van der Waals surface area (Å²) in [4.78, 5) is 45.9. The van der Waals surface area contributed by atoms with Crippen molar-refractivity contribution in [2.75, 3.05) is 19.8 Å². The van der Waals surface area contributed by atoms with Crippen LogP contribution in [0.4, 0.5) is 0 Å². The Bertz CT molecular complexity index is 1160. The molecule has 1 N–H and O–H groups in total. The molecule has 3 saturated heterocycles. The lowest BCUT2D eigenvalue weighted by atomic mass is 9.70. The third kappa shape index (κ3) is 5.73. The molecule has 2 unspecified atom stereocenters. The fourth-order valence-electron chi connectivity index (χ4n) is 7.71. The van der Waals surface area contributed by atoms with Gasteiger partial charge in [-0.15, -0.1) is 6.58 Å². The Kier molecular flexibility index (Phi) is 8.86. The maximum atomic E-state index is 14.9. The predicted molar refractivity (Wildman–Crippen MR) is 157 cm³/mol. The molecule has 1 aromatic carbocycles. The second kappa shape index (κ2) is 11.7. The van der Waals surface area contributed by atoms with E-state index in [1.54, 1.807) is 15.9 Å². The monoisotopic (exact) mass is 566 g/mol. The molecule has 3 aliphatic heterocycles. The Morgan fingerprint density at radius 1 is 1.20 bits per heavy atom. The van der Waals surface area contributed by atoms with Crippen molar-refractivity contribution in [2.24, 2.45) is 17.3 Å². The Morgan fingerprint density at radius 2 is 1.88 bits per heavy atom. The van der Waals surface area contributed by atoms with Gasteiger partial charge in [-0.2, -0.15) is 0 Å². The maximum Gasteiger partial charge on any atom is 0.312 e. The zero-order valence-corrected chi connectivity index (χ0v) is 25.2. The van der Waals surface area contributed by atoms with Crippen LogP contribution in [0, 0.1) is 17.3 Å². The highest BCUT2D eigenvalue weighted by Gasteiger charge is 2.76. The van der Waals surface area contributed by atoms with Crippen molar-refractivity contribution in [3.05, 3.63) is 61.2 Å². The van der Waals surface area contributed by atoms with Gasteiger partial charge in [0, 0.05) is 12.1 Å². The molecule has 224 valence electrons. The highest BCUT2D eigenvalue weighted by atomic mass is 16.6. The lowest BCUT2D eigenvalue weighted by molar-refractivity contribution is -0.157. The van der Waals surface area contributed by atoms with Gasteiger partial charge in [-0.3, -0.25) is 14.4 Å². The molecular formula is C33H46N2O6. The maximum absolute atomic E-state index is 14.9. The van der Waals surface area contributed by atoms with E-state index >= 15 is 0 Å². The molecule has 1 spiro atoms. The number of carbonyl (C=O) groups is 3. The lowest BCUT2D eigenvalue weighted by Gasteiger charge is -2.46. The fraction of sp³-hybridized carbons (Fsp3) is 0.606. The van der Waals surface area contributed by atoms with E-state index in [0.717, 1.165) is 5.56 Å². The van der Waals surface area contributed by atoms with Crippen LogP contribution in [0.25, 0.3) is 0 Å². The fourth-order valence-corrected chi connectivity index (χ4v) is 7.71. The normalized spacial score (nSPS) is 27.9. The van der Waals surface area contributed by atoms with Crippen molar-refractivity contribution in [1.82, 2.24) is 9.80 Å². The van der Waals surface area contributed by atoms with Gasteiger partial charge in [-0.25, -0.2) is 0 Å². The zero-order chi connectivity index (χ0) is 30.2. The van der Waals surface area contributed by atoms with Crippen LogP contribution in [-0.4, -0.2) is 81.8 Å². The SMILES string of the molecule is C=CCOC(=O)[C@@H]1[C@@H]2CCC3(O2)C(C(=O)N(CC=C)C(C)(C)CC(C)(C)C)N([C@@H](CO)Cc2ccccc2)C(=O)[C@H]13. The summed E-state index contributed by atoms with van der Waals surface area (Å²) in [6, 6.07) is 7.92. The third-order valence-corrected chi connectivity index (χ3v) is 8.78. The minimum absolute atomic E-state index is 0.0312. The van der Waals surface area contributed by atoms with E-state index in [0.29, 0.717) is 25.7 Å². The number of likely N-dealkylation sites (tertiary alicyclic amines) is 1. The smallest absolute Gasteiger partial charge is 0.312 e. The number of benzene rings is 1. The molecule has 0 saturated carbocycles. The standard InChI is InChI=1S/C33H46N2O6/c1-8-17-34(32(6,7)21-31(3,4)5)29(38)27-33-16-15-24(41-33)25(30(39)40-18-9-2)26(33)28(37)35(27)23(20-36)19-22-13-11-10-12-14-22/h8-14,23-27,36H,1-2,15-21H2,3-7H3/t23-,24+,25-,26+,27?,33?/m1/s1. The van der Waals surface area contributed by atoms with Crippen molar-refractivity contribution in [3.63, 3.8) is 0 Å². The Morgan fingerprint density at radius 3 is 2.46 bits per heavy atom. The molecule has 41 heavy (non-hydrogen) atoms. The van der Waals surface area contributed by atoms with E-state index in [2.05, 4.69) is 33.9 Å². The molecule has 3 aliphatic rings. The quantitative estimate of drug-likeness (QED) is 0.304. The summed E-state index contributed by atoms with van der Waals surface area (Å²) in [7, 11) is 0. The number of amides is 2. The van der Waals surface area contributed by atoms with E-state index in [4.69, 9.17) is 9.47 Å². The number of ether oxygens (including phenoxy) is 2. The van der Waals surface area contributed by atoms with Gasteiger partial charge in [0.1, 0.15) is 18.2 Å². The molecule has 0 aliphatic carbocycles. The molecular weight excluding hydrogens is 520 g/mol. The molecule has 8 nitrogen and oxygen atoms in total. The van der Waals surface area contributed by atoms with Crippen LogP contribution in [-0.2, 0) is 30.3 Å². The molecule has 6 atom stereocenters. The van der Waals surface area contributed by atoms with Gasteiger partial charge in [0.2, 0.25) is 11.8 Å². The van der Waals surface area contributed by atoms with E-state index in [1.807, 2.05) is 44.2 Å². The van der Waals surface area contributed by atoms with Crippen LogP contribution >= 0.6 is 0 Å². The van der Waals surface area contributed by atoms with Crippen molar-refractivity contribution < 1.29 is 29.0 Å². The Balaban J connectivity index is 1.81. The average Bonchev–Trinajstić information content (AvgIpc) is 3.55. The predicted octanol–water partition coefficient (Wildman–Crippen LogP) is 3.92. The topological polar surface area (TPSA) is 96.4 Å². The van der Waals surface area contributed by atoms with Crippen LogP contribution in [0.1, 0.15) is 59.4 Å². The highest BCUT2D eigenvalue weighted by Crippen LogP contribution is 2.59. The van der Waals surface area contributed by atoms with Gasteiger partial charge in [-0.1, -0.05) is 69.8 Å². The second-order valence-electron chi connectivity index (χ2n) is 13.5. The number of carbonyl (C=O) groups excluding carboxylic acids is 3. The molecule has 3 heterocycles. The molecule has 8 heteroatoms. The number of fused-ring (bicyclic) bond motifs is 1.